The second kappa shape index (κ2) is 4.91. The minimum absolute atomic E-state index is 0.267. The molecule has 0 radical (unpaired) electrons. The van der Waals surface area contributed by atoms with E-state index >= 15 is 0 Å². The molecule has 96 valence electrons. The molecule has 0 bridgehead atoms. The van der Waals surface area contributed by atoms with Crippen LogP contribution in [0.25, 0.3) is 0 Å². The average molecular weight is 242 g/mol. The summed E-state index contributed by atoms with van der Waals surface area (Å²) < 4.78 is 0. The molecule has 2 saturated carbocycles. The molecule has 0 heterocycles. The van der Waals surface area contributed by atoms with Crippen molar-refractivity contribution in [1.82, 2.24) is 10.2 Å². The first-order valence-electron chi connectivity index (χ1n) is 6.02. The van der Waals surface area contributed by atoms with E-state index in [-0.39, 0.29) is 12.1 Å². The van der Waals surface area contributed by atoms with E-state index in [1.54, 1.807) is 4.90 Å². The largest absolute Gasteiger partial charge is 0.480 e. The zero-order valence-electron chi connectivity index (χ0n) is 9.63. The summed E-state index contributed by atoms with van der Waals surface area (Å²) in [5.41, 5.74) is 0. The predicted octanol–water partition coefficient (Wildman–Crippen LogP) is 0.0159. The van der Waals surface area contributed by atoms with Crippen molar-refractivity contribution >= 4 is 12.0 Å². The van der Waals surface area contributed by atoms with Gasteiger partial charge in [0.15, 0.2) is 6.04 Å². The SMILES string of the molecule is O=C(O)C(CO)NC(=O)N(CC1CC1)C1CC1. The molecule has 2 rings (SSSR count). The average Bonchev–Trinajstić information content (AvgIpc) is 3.15. The smallest absolute Gasteiger partial charge is 0.328 e. The number of carbonyl (C=O) groups is 2. The molecule has 2 amide bonds. The van der Waals surface area contributed by atoms with Gasteiger partial charge in [-0.2, -0.15) is 0 Å². The van der Waals surface area contributed by atoms with Gasteiger partial charge in [0.1, 0.15) is 0 Å². The normalized spacial score (nSPS) is 20.8. The van der Waals surface area contributed by atoms with Crippen molar-refractivity contribution in [3.8, 4) is 0 Å². The molecule has 0 aromatic carbocycles. The molecule has 2 fully saturated rings. The third-order valence-electron chi connectivity index (χ3n) is 3.18. The fourth-order valence-electron chi connectivity index (χ4n) is 1.78. The van der Waals surface area contributed by atoms with Gasteiger partial charge in [-0.25, -0.2) is 9.59 Å². The van der Waals surface area contributed by atoms with E-state index in [2.05, 4.69) is 5.32 Å². The number of urea groups is 1. The van der Waals surface area contributed by atoms with Crippen LogP contribution in [0.15, 0.2) is 0 Å². The highest BCUT2D eigenvalue weighted by molar-refractivity contribution is 5.83. The van der Waals surface area contributed by atoms with E-state index in [1.807, 2.05) is 0 Å². The third-order valence-corrected chi connectivity index (χ3v) is 3.18. The Hall–Kier alpha value is -1.30. The summed E-state index contributed by atoms with van der Waals surface area (Å²) in [5.74, 6) is -0.623. The molecule has 1 atom stereocenters. The van der Waals surface area contributed by atoms with Crippen LogP contribution in [-0.4, -0.2) is 52.3 Å². The van der Waals surface area contributed by atoms with E-state index in [9.17, 15) is 9.59 Å². The Kier molecular flexibility index (Phi) is 3.51. The summed E-state index contributed by atoms with van der Waals surface area (Å²) in [6.07, 6.45) is 4.30. The van der Waals surface area contributed by atoms with Gasteiger partial charge < -0.3 is 20.4 Å². The lowest BCUT2D eigenvalue weighted by Crippen LogP contribution is -2.50. The van der Waals surface area contributed by atoms with Gasteiger partial charge in [-0.15, -0.1) is 0 Å². The lowest BCUT2D eigenvalue weighted by Gasteiger charge is -2.24. The van der Waals surface area contributed by atoms with Crippen LogP contribution >= 0.6 is 0 Å². The molecule has 3 N–H and O–H groups in total. The zero-order chi connectivity index (χ0) is 12.4. The Labute approximate surface area is 99.6 Å². The minimum atomic E-state index is -1.21. The summed E-state index contributed by atoms with van der Waals surface area (Å²) in [6.45, 7) is 0.136. The van der Waals surface area contributed by atoms with Gasteiger partial charge in [-0.1, -0.05) is 0 Å². The molecular formula is C11H18N2O4. The lowest BCUT2D eigenvalue weighted by atomic mass is 10.3. The maximum Gasteiger partial charge on any atom is 0.328 e. The van der Waals surface area contributed by atoms with Crippen molar-refractivity contribution < 1.29 is 19.8 Å². The van der Waals surface area contributed by atoms with Gasteiger partial charge in [0.25, 0.3) is 0 Å². The highest BCUT2D eigenvalue weighted by atomic mass is 16.4. The molecule has 6 nitrogen and oxygen atoms in total. The van der Waals surface area contributed by atoms with E-state index in [4.69, 9.17) is 10.2 Å². The van der Waals surface area contributed by atoms with Crippen LogP contribution in [0, 0.1) is 5.92 Å². The van der Waals surface area contributed by atoms with Crippen LogP contribution in [0.5, 0.6) is 0 Å². The van der Waals surface area contributed by atoms with E-state index < -0.39 is 18.6 Å². The Balaban J connectivity index is 1.88. The second-order valence-electron chi connectivity index (χ2n) is 4.85. The minimum Gasteiger partial charge on any atom is -0.480 e. The molecule has 6 heteroatoms. The summed E-state index contributed by atoms with van der Waals surface area (Å²) in [4.78, 5) is 24.3. The van der Waals surface area contributed by atoms with Crippen molar-refractivity contribution in [2.75, 3.05) is 13.2 Å². The molecule has 0 spiro atoms. The Morgan fingerprint density at radius 1 is 1.29 bits per heavy atom. The fraction of sp³-hybridized carbons (Fsp3) is 0.818. The van der Waals surface area contributed by atoms with Crippen LogP contribution < -0.4 is 5.32 Å². The number of rotatable bonds is 6. The maximum atomic E-state index is 11.9. The molecular weight excluding hydrogens is 224 g/mol. The molecule has 2 aliphatic rings. The van der Waals surface area contributed by atoms with Crippen LogP contribution in [0.1, 0.15) is 25.7 Å². The molecule has 1 unspecified atom stereocenters. The van der Waals surface area contributed by atoms with Gasteiger partial charge in [0.05, 0.1) is 6.61 Å². The van der Waals surface area contributed by atoms with Gasteiger partial charge >= 0.3 is 12.0 Å². The molecule has 0 aliphatic heterocycles. The number of hydrogen-bond donors (Lipinski definition) is 3. The Bertz CT molecular complexity index is 313. The van der Waals surface area contributed by atoms with Crippen LogP contribution in [0.2, 0.25) is 0 Å². The Morgan fingerprint density at radius 3 is 2.35 bits per heavy atom. The van der Waals surface area contributed by atoms with Crippen LogP contribution in [0.3, 0.4) is 0 Å². The van der Waals surface area contributed by atoms with Gasteiger partial charge in [-0.3, -0.25) is 0 Å². The summed E-state index contributed by atoms with van der Waals surface area (Å²) in [7, 11) is 0. The highest BCUT2D eigenvalue weighted by Gasteiger charge is 2.37. The Morgan fingerprint density at radius 2 is 1.94 bits per heavy atom. The predicted molar refractivity (Wildman–Crippen MR) is 59.5 cm³/mol. The second-order valence-corrected chi connectivity index (χ2v) is 4.85. The highest BCUT2D eigenvalue weighted by Crippen LogP contribution is 2.34. The zero-order valence-corrected chi connectivity index (χ0v) is 9.63. The first-order valence-corrected chi connectivity index (χ1v) is 6.02. The summed E-state index contributed by atoms with van der Waals surface area (Å²) in [6, 6.07) is -1.30. The number of aliphatic hydroxyl groups is 1. The lowest BCUT2D eigenvalue weighted by molar-refractivity contribution is -0.140. The van der Waals surface area contributed by atoms with Gasteiger partial charge in [0.2, 0.25) is 0 Å². The van der Waals surface area contributed by atoms with Crippen molar-refractivity contribution in [3.05, 3.63) is 0 Å². The van der Waals surface area contributed by atoms with Gasteiger partial charge in [0, 0.05) is 12.6 Å². The van der Waals surface area contributed by atoms with E-state index in [0.717, 1.165) is 25.7 Å². The fourth-order valence-corrected chi connectivity index (χ4v) is 1.78. The van der Waals surface area contributed by atoms with Crippen molar-refractivity contribution in [1.29, 1.82) is 0 Å². The number of nitrogens with zero attached hydrogens (tertiary/aromatic N) is 1. The first kappa shape index (κ1) is 12.2. The van der Waals surface area contributed by atoms with E-state index in [0.29, 0.717) is 12.5 Å². The number of carboxylic acid groups (broad SMARTS) is 1. The topological polar surface area (TPSA) is 89.9 Å². The van der Waals surface area contributed by atoms with Crippen LogP contribution in [0.4, 0.5) is 4.79 Å². The van der Waals surface area contributed by atoms with Crippen molar-refractivity contribution in [3.63, 3.8) is 0 Å². The molecule has 0 aromatic heterocycles. The number of carboxylic acids is 1. The standard InChI is InChI=1S/C11H18N2O4/c14-6-9(10(15)16)12-11(17)13(8-3-4-8)5-7-1-2-7/h7-9,14H,1-6H2,(H,12,17)(H,15,16). The third kappa shape index (κ3) is 3.33. The van der Waals surface area contributed by atoms with E-state index in [1.165, 1.54) is 0 Å². The number of carbonyl (C=O) groups excluding carboxylic acids is 1. The van der Waals surface area contributed by atoms with Crippen molar-refractivity contribution in [2.45, 2.75) is 37.8 Å². The summed E-state index contributed by atoms with van der Waals surface area (Å²) >= 11 is 0. The molecule has 0 saturated heterocycles. The number of amides is 2. The molecule has 2 aliphatic carbocycles. The number of aliphatic hydroxyl groups excluding tert-OH is 1. The number of hydrogen-bond acceptors (Lipinski definition) is 3. The molecule has 17 heavy (non-hydrogen) atoms. The van der Waals surface area contributed by atoms with Crippen molar-refractivity contribution in [2.24, 2.45) is 5.92 Å². The number of nitrogens with one attached hydrogen (secondary N) is 1. The van der Waals surface area contributed by atoms with Gasteiger partial charge in [-0.05, 0) is 31.6 Å². The monoisotopic (exact) mass is 242 g/mol. The summed E-state index contributed by atoms with van der Waals surface area (Å²) in [5, 5.41) is 20.0. The number of aliphatic carboxylic acids is 1. The maximum absolute atomic E-state index is 11.9. The van der Waals surface area contributed by atoms with Crippen LogP contribution in [-0.2, 0) is 4.79 Å². The quantitative estimate of drug-likeness (QED) is 0.612. The molecule has 0 aromatic rings. The first-order chi connectivity index (χ1) is 8.11.